The minimum atomic E-state index is -0.0814. The summed E-state index contributed by atoms with van der Waals surface area (Å²) in [6.07, 6.45) is 2.35. The number of ether oxygens (including phenoxy) is 1. The van der Waals surface area contributed by atoms with Crippen LogP contribution >= 0.6 is 0 Å². The first-order valence-electron chi connectivity index (χ1n) is 3.71. The van der Waals surface area contributed by atoms with Gasteiger partial charge in [0.15, 0.2) is 0 Å². The summed E-state index contributed by atoms with van der Waals surface area (Å²) in [6, 6.07) is 0. The van der Waals surface area contributed by atoms with Gasteiger partial charge in [0.2, 0.25) is 12.3 Å². The van der Waals surface area contributed by atoms with Crippen LogP contribution in [0.1, 0.15) is 12.8 Å². The highest BCUT2D eigenvalue weighted by Crippen LogP contribution is 2.28. The largest absolute Gasteiger partial charge is 0.471 e. The van der Waals surface area contributed by atoms with Crippen LogP contribution in [-0.2, 0) is 19.1 Å². The van der Waals surface area contributed by atoms with Gasteiger partial charge in [-0.3, -0.25) is 25.2 Å². The van der Waals surface area contributed by atoms with Gasteiger partial charge in [-0.05, 0) is 12.8 Å². The predicted octanol–water partition coefficient (Wildman–Crippen LogP) is -1.04. The number of carbonyl (C=O) groups excluding carboxylic acids is 3. The molecule has 1 fully saturated rings. The quantitative estimate of drug-likeness (QED) is 0.436. The maximum absolute atomic E-state index is 10.6. The lowest BCUT2D eigenvalue weighted by Crippen LogP contribution is -2.37. The predicted molar refractivity (Wildman–Crippen MR) is 43.1 cm³/mol. The van der Waals surface area contributed by atoms with Crippen molar-refractivity contribution in [1.29, 1.82) is 0 Å². The summed E-state index contributed by atoms with van der Waals surface area (Å²) in [5.74, 6) is 0.0690. The van der Waals surface area contributed by atoms with Gasteiger partial charge in [0.1, 0.15) is 0 Å². The van der Waals surface area contributed by atoms with Crippen molar-refractivity contribution in [1.82, 2.24) is 10.9 Å². The van der Waals surface area contributed by atoms with Gasteiger partial charge in [-0.25, -0.2) is 0 Å². The van der Waals surface area contributed by atoms with Crippen molar-refractivity contribution in [3.8, 4) is 0 Å². The Morgan fingerprint density at radius 3 is 2.31 bits per heavy atom. The second-order valence-electron chi connectivity index (χ2n) is 2.36. The molecule has 0 saturated heterocycles. The number of hydrazine groups is 1. The molecule has 74 valence electrons. The zero-order valence-corrected chi connectivity index (χ0v) is 7.28. The number of carbonyl (C=O) groups is 3. The summed E-state index contributed by atoms with van der Waals surface area (Å²) < 4.78 is 3.86. The molecule has 6 heteroatoms. The van der Waals surface area contributed by atoms with Crippen LogP contribution in [0.5, 0.6) is 0 Å². The van der Waals surface area contributed by atoms with Crippen LogP contribution < -0.4 is 10.9 Å². The standard InChI is InChI=1S/C5H8N2O2.C2H4O2/c8-3-6-7-5(9)4-1-2-4;1-4-2-3/h3-4H,1-2H2,(H,6,8)(H,7,9);2H,1H3. The highest BCUT2D eigenvalue weighted by molar-refractivity contribution is 5.81. The first-order chi connectivity index (χ1) is 6.26. The van der Waals surface area contributed by atoms with E-state index in [1.54, 1.807) is 0 Å². The Labute approximate surface area is 75.6 Å². The highest BCUT2D eigenvalue weighted by atomic mass is 16.5. The minimum Gasteiger partial charge on any atom is -0.471 e. The van der Waals surface area contributed by atoms with E-state index in [0.29, 0.717) is 12.9 Å². The summed E-state index contributed by atoms with van der Waals surface area (Å²) in [5.41, 5.74) is 4.33. The van der Waals surface area contributed by atoms with Crippen molar-refractivity contribution in [3.05, 3.63) is 0 Å². The molecule has 0 aromatic carbocycles. The molecule has 0 bridgehead atoms. The van der Waals surface area contributed by atoms with Gasteiger partial charge in [-0.15, -0.1) is 0 Å². The van der Waals surface area contributed by atoms with Crippen molar-refractivity contribution < 1.29 is 19.1 Å². The molecule has 0 spiro atoms. The molecule has 1 aliphatic rings. The van der Waals surface area contributed by atoms with E-state index < -0.39 is 0 Å². The molecule has 0 radical (unpaired) electrons. The van der Waals surface area contributed by atoms with Gasteiger partial charge in [0, 0.05) is 5.92 Å². The summed E-state index contributed by atoms with van der Waals surface area (Å²) in [4.78, 5) is 29.2. The van der Waals surface area contributed by atoms with Crippen molar-refractivity contribution in [2.45, 2.75) is 12.8 Å². The number of methoxy groups -OCH3 is 1. The molecule has 1 saturated carbocycles. The SMILES string of the molecule is COC=O.O=CNNC(=O)C1CC1. The van der Waals surface area contributed by atoms with Crippen LogP contribution in [-0.4, -0.2) is 25.9 Å². The van der Waals surface area contributed by atoms with Crippen LogP contribution in [0, 0.1) is 5.92 Å². The maximum Gasteiger partial charge on any atom is 0.292 e. The van der Waals surface area contributed by atoms with E-state index in [-0.39, 0.29) is 11.8 Å². The lowest BCUT2D eigenvalue weighted by molar-refractivity contribution is -0.126. The minimum absolute atomic E-state index is 0.0814. The fourth-order valence-corrected chi connectivity index (χ4v) is 0.548. The van der Waals surface area contributed by atoms with Crippen LogP contribution in [0.15, 0.2) is 0 Å². The monoisotopic (exact) mass is 188 g/mol. The Kier molecular flexibility index (Phi) is 6.21. The zero-order chi connectivity index (χ0) is 10.1. The van der Waals surface area contributed by atoms with Crippen molar-refractivity contribution in [3.63, 3.8) is 0 Å². The van der Waals surface area contributed by atoms with E-state index in [4.69, 9.17) is 4.79 Å². The second-order valence-corrected chi connectivity index (χ2v) is 2.36. The van der Waals surface area contributed by atoms with Gasteiger partial charge < -0.3 is 4.74 Å². The number of rotatable bonds is 4. The molecule has 0 aromatic heterocycles. The molecule has 2 N–H and O–H groups in total. The molecule has 13 heavy (non-hydrogen) atoms. The first-order valence-corrected chi connectivity index (χ1v) is 3.71. The molecular formula is C7H12N2O4. The maximum atomic E-state index is 10.6. The van der Waals surface area contributed by atoms with Crippen molar-refractivity contribution >= 4 is 18.8 Å². The highest BCUT2D eigenvalue weighted by Gasteiger charge is 2.29. The molecule has 1 rings (SSSR count). The van der Waals surface area contributed by atoms with Crippen LogP contribution in [0.4, 0.5) is 0 Å². The summed E-state index contributed by atoms with van der Waals surface area (Å²) in [7, 11) is 1.31. The lowest BCUT2D eigenvalue weighted by Gasteiger charge is -1.97. The number of hydrogen-bond acceptors (Lipinski definition) is 4. The van der Waals surface area contributed by atoms with Crippen molar-refractivity contribution in [2.75, 3.05) is 7.11 Å². The topological polar surface area (TPSA) is 84.5 Å². The normalized spacial score (nSPS) is 13.0. The smallest absolute Gasteiger partial charge is 0.292 e. The molecule has 0 aliphatic heterocycles. The fourth-order valence-electron chi connectivity index (χ4n) is 0.548. The third kappa shape index (κ3) is 6.79. The van der Waals surface area contributed by atoms with Gasteiger partial charge in [-0.2, -0.15) is 0 Å². The molecule has 0 unspecified atom stereocenters. The molecule has 0 aromatic rings. The fraction of sp³-hybridized carbons (Fsp3) is 0.571. The van der Waals surface area contributed by atoms with Gasteiger partial charge >= 0.3 is 0 Å². The van der Waals surface area contributed by atoms with E-state index in [1.165, 1.54) is 7.11 Å². The van der Waals surface area contributed by atoms with Crippen molar-refractivity contribution in [2.24, 2.45) is 5.92 Å². The third-order valence-corrected chi connectivity index (χ3v) is 1.30. The Balaban J connectivity index is 0.000000310. The van der Waals surface area contributed by atoms with Gasteiger partial charge in [0.05, 0.1) is 7.11 Å². The molecule has 6 nitrogen and oxygen atoms in total. The van der Waals surface area contributed by atoms with Crippen LogP contribution in [0.25, 0.3) is 0 Å². The first kappa shape index (κ1) is 11.4. The number of nitrogens with one attached hydrogen (secondary N) is 2. The number of hydrogen-bond donors (Lipinski definition) is 2. The summed E-state index contributed by atoms with van der Waals surface area (Å²) in [6.45, 7) is 0.375. The molecule has 0 atom stereocenters. The molecule has 2 amide bonds. The molecular weight excluding hydrogens is 176 g/mol. The van der Waals surface area contributed by atoms with Crippen LogP contribution in [0.2, 0.25) is 0 Å². The third-order valence-electron chi connectivity index (χ3n) is 1.30. The summed E-state index contributed by atoms with van der Waals surface area (Å²) >= 11 is 0. The Hall–Kier alpha value is -1.59. The van der Waals surface area contributed by atoms with Gasteiger partial charge in [-0.1, -0.05) is 0 Å². The van der Waals surface area contributed by atoms with Gasteiger partial charge in [0.25, 0.3) is 6.47 Å². The van der Waals surface area contributed by atoms with E-state index in [2.05, 4.69) is 15.6 Å². The Morgan fingerprint density at radius 2 is 2.00 bits per heavy atom. The summed E-state index contributed by atoms with van der Waals surface area (Å²) in [5, 5.41) is 0. The van der Waals surface area contributed by atoms with E-state index in [0.717, 1.165) is 12.8 Å². The number of amides is 2. The van der Waals surface area contributed by atoms with E-state index in [9.17, 15) is 9.59 Å². The zero-order valence-electron chi connectivity index (χ0n) is 7.28. The molecule has 1 aliphatic carbocycles. The average molecular weight is 188 g/mol. The average Bonchev–Trinajstić information content (AvgIpc) is 2.97. The second kappa shape index (κ2) is 7.08. The lowest BCUT2D eigenvalue weighted by atomic mass is 10.4. The van der Waals surface area contributed by atoms with Crippen LogP contribution in [0.3, 0.4) is 0 Å². The Morgan fingerprint density at radius 1 is 1.46 bits per heavy atom. The van der Waals surface area contributed by atoms with E-state index >= 15 is 0 Å². The van der Waals surface area contributed by atoms with E-state index in [1.807, 2.05) is 0 Å². The Bertz CT molecular complexity index is 179. The molecule has 0 heterocycles.